The predicted octanol–water partition coefficient (Wildman–Crippen LogP) is 2.31. The van der Waals surface area contributed by atoms with Gasteiger partial charge in [-0.3, -0.25) is 9.71 Å². The second-order valence-corrected chi connectivity index (χ2v) is 5.58. The van der Waals surface area contributed by atoms with Crippen molar-refractivity contribution in [1.29, 1.82) is 0 Å². The third-order valence-electron chi connectivity index (χ3n) is 2.46. The first-order valence-electron chi connectivity index (χ1n) is 5.88. The fourth-order valence-electron chi connectivity index (χ4n) is 1.59. The number of nitrogens with one attached hydrogen (secondary N) is 2. The molecule has 0 saturated heterocycles. The lowest BCUT2D eigenvalue weighted by atomic mass is 10.3. The molecular formula is C13H15N3O2S. The lowest BCUT2D eigenvalue weighted by Crippen LogP contribution is -2.13. The van der Waals surface area contributed by atoms with Gasteiger partial charge in [-0.15, -0.1) is 0 Å². The Hall–Kier alpha value is -2.08. The topological polar surface area (TPSA) is 71.1 Å². The molecule has 2 N–H and O–H groups in total. The van der Waals surface area contributed by atoms with Crippen molar-refractivity contribution >= 4 is 21.4 Å². The number of benzene rings is 1. The predicted molar refractivity (Wildman–Crippen MR) is 75.7 cm³/mol. The largest absolute Gasteiger partial charge is 0.385 e. The maximum absolute atomic E-state index is 12.1. The minimum Gasteiger partial charge on any atom is -0.385 e. The number of rotatable bonds is 5. The van der Waals surface area contributed by atoms with Gasteiger partial charge in [-0.2, -0.15) is 0 Å². The molecule has 1 heterocycles. The molecule has 1 aromatic heterocycles. The monoisotopic (exact) mass is 277 g/mol. The Kier molecular flexibility index (Phi) is 4.01. The average Bonchev–Trinajstić information content (AvgIpc) is 2.40. The zero-order valence-corrected chi connectivity index (χ0v) is 11.3. The van der Waals surface area contributed by atoms with Gasteiger partial charge in [0.15, 0.2) is 0 Å². The first kappa shape index (κ1) is 13.4. The van der Waals surface area contributed by atoms with E-state index in [9.17, 15) is 8.42 Å². The molecule has 0 fully saturated rings. The molecule has 0 aliphatic rings. The molecule has 6 heteroatoms. The first-order chi connectivity index (χ1) is 9.12. The van der Waals surface area contributed by atoms with Crippen LogP contribution < -0.4 is 10.0 Å². The van der Waals surface area contributed by atoms with Gasteiger partial charge < -0.3 is 5.32 Å². The van der Waals surface area contributed by atoms with Crippen LogP contribution in [-0.2, 0) is 10.0 Å². The van der Waals surface area contributed by atoms with Gasteiger partial charge >= 0.3 is 0 Å². The average molecular weight is 277 g/mol. The normalized spacial score (nSPS) is 11.0. The van der Waals surface area contributed by atoms with E-state index in [4.69, 9.17) is 0 Å². The highest BCUT2D eigenvalue weighted by atomic mass is 32.2. The molecule has 5 nitrogen and oxygen atoms in total. The Morgan fingerprint density at radius 1 is 1.11 bits per heavy atom. The van der Waals surface area contributed by atoms with E-state index in [2.05, 4.69) is 15.0 Å². The number of pyridine rings is 1. The lowest BCUT2D eigenvalue weighted by Gasteiger charge is -2.08. The van der Waals surface area contributed by atoms with Crippen LogP contribution in [0.3, 0.4) is 0 Å². The van der Waals surface area contributed by atoms with E-state index in [1.165, 1.54) is 6.20 Å². The van der Waals surface area contributed by atoms with Crippen LogP contribution in [0, 0.1) is 0 Å². The van der Waals surface area contributed by atoms with E-state index in [1.807, 2.05) is 6.92 Å². The number of hydrogen-bond donors (Lipinski definition) is 2. The van der Waals surface area contributed by atoms with Crippen molar-refractivity contribution in [3.8, 4) is 0 Å². The highest BCUT2D eigenvalue weighted by Gasteiger charge is 2.13. The molecule has 0 amide bonds. The van der Waals surface area contributed by atoms with E-state index < -0.39 is 10.0 Å². The Morgan fingerprint density at radius 3 is 2.42 bits per heavy atom. The summed E-state index contributed by atoms with van der Waals surface area (Å²) in [4.78, 5) is 4.08. The van der Waals surface area contributed by atoms with E-state index in [0.717, 1.165) is 12.2 Å². The summed E-state index contributed by atoms with van der Waals surface area (Å²) in [6.07, 6.45) is 3.05. The molecule has 0 atom stereocenters. The lowest BCUT2D eigenvalue weighted by molar-refractivity contribution is 0.601. The summed E-state index contributed by atoms with van der Waals surface area (Å²) in [6, 6.07) is 9.93. The Bertz CT molecular complexity index is 625. The van der Waals surface area contributed by atoms with Crippen LogP contribution in [0.5, 0.6) is 0 Å². The summed E-state index contributed by atoms with van der Waals surface area (Å²) >= 11 is 0. The van der Waals surface area contributed by atoms with E-state index >= 15 is 0 Å². The van der Waals surface area contributed by atoms with E-state index in [0.29, 0.717) is 5.69 Å². The van der Waals surface area contributed by atoms with Gasteiger partial charge in [0.05, 0.1) is 16.8 Å². The molecule has 0 radical (unpaired) electrons. The minimum absolute atomic E-state index is 0.220. The van der Waals surface area contributed by atoms with Crippen LogP contribution in [0.1, 0.15) is 6.92 Å². The molecule has 19 heavy (non-hydrogen) atoms. The van der Waals surface area contributed by atoms with Crippen LogP contribution in [0.15, 0.2) is 53.7 Å². The summed E-state index contributed by atoms with van der Waals surface area (Å²) in [5, 5.41) is 3.11. The van der Waals surface area contributed by atoms with Crippen molar-refractivity contribution < 1.29 is 8.42 Å². The fraction of sp³-hybridized carbons (Fsp3) is 0.154. The maximum atomic E-state index is 12.1. The van der Waals surface area contributed by atoms with E-state index in [1.54, 1.807) is 42.6 Å². The van der Waals surface area contributed by atoms with Gasteiger partial charge in [0.1, 0.15) is 0 Å². The van der Waals surface area contributed by atoms with Gasteiger partial charge in [0.25, 0.3) is 10.0 Å². The Labute approximate surface area is 112 Å². The van der Waals surface area contributed by atoms with Gasteiger partial charge in [0.2, 0.25) is 0 Å². The molecule has 0 aliphatic heterocycles. The number of anilines is 2. The van der Waals surface area contributed by atoms with Crippen LogP contribution >= 0.6 is 0 Å². The molecule has 0 saturated carbocycles. The second kappa shape index (κ2) is 5.71. The highest BCUT2D eigenvalue weighted by molar-refractivity contribution is 7.92. The van der Waals surface area contributed by atoms with Crippen molar-refractivity contribution in [2.45, 2.75) is 11.8 Å². The number of aromatic nitrogens is 1. The summed E-state index contributed by atoms with van der Waals surface area (Å²) < 4.78 is 26.7. The van der Waals surface area contributed by atoms with E-state index in [-0.39, 0.29) is 4.90 Å². The minimum atomic E-state index is -3.56. The number of hydrogen-bond acceptors (Lipinski definition) is 4. The van der Waals surface area contributed by atoms with Crippen molar-refractivity contribution in [3.05, 3.63) is 48.8 Å². The van der Waals surface area contributed by atoms with Gasteiger partial charge in [-0.1, -0.05) is 0 Å². The SMILES string of the molecule is CCNc1ccc(S(=O)(=O)Nc2cccnc2)cc1. The number of nitrogens with zero attached hydrogens (tertiary/aromatic N) is 1. The standard InChI is InChI=1S/C13H15N3O2S/c1-2-15-11-5-7-13(8-6-11)19(17,18)16-12-4-3-9-14-10-12/h3-10,15-16H,2H2,1H3. The van der Waals surface area contributed by atoms with Crippen molar-refractivity contribution in [1.82, 2.24) is 4.98 Å². The summed E-state index contributed by atoms with van der Waals surface area (Å²) in [5.41, 5.74) is 1.33. The molecule has 0 unspecified atom stereocenters. The molecule has 0 spiro atoms. The Balaban J connectivity index is 2.20. The molecule has 100 valence electrons. The zero-order valence-electron chi connectivity index (χ0n) is 10.5. The van der Waals surface area contributed by atoms with Crippen LogP contribution in [0.4, 0.5) is 11.4 Å². The molecular weight excluding hydrogens is 262 g/mol. The fourth-order valence-corrected chi connectivity index (χ4v) is 2.64. The Morgan fingerprint density at radius 2 is 1.84 bits per heavy atom. The van der Waals surface area contributed by atoms with Crippen molar-refractivity contribution in [2.75, 3.05) is 16.6 Å². The van der Waals surface area contributed by atoms with Gasteiger partial charge in [0, 0.05) is 18.4 Å². The zero-order chi connectivity index (χ0) is 13.7. The molecule has 0 bridgehead atoms. The van der Waals surface area contributed by atoms with Crippen LogP contribution in [-0.4, -0.2) is 19.9 Å². The smallest absolute Gasteiger partial charge is 0.261 e. The third-order valence-corrected chi connectivity index (χ3v) is 3.86. The van der Waals surface area contributed by atoms with Crippen LogP contribution in [0.2, 0.25) is 0 Å². The molecule has 2 rings (SSSR count). The maximum Gasteiger partial charge on any atom is 0.261 e. The van der Waals surface area contributed by atoms with Gasteiger partial charge in [-0.25, -0.2) is 8.42 Å². The summed E-state index contributed by atoms with van der Waals surface area (Å²) in [7, 11) is -3.56. The van der Waals surface area contributed by atoms with Crippen LogP contribution in [0.25, 0.3) is 0 Å². The van der Waals surface area contributed by atoms with Crippen molar-refractivity contribution in [3.63, 3.8) is 0 Å². The van der Waals surface area contributed by atoms with Gasteiger partial charge in [-0.05, 0) is 43.3 Å². The third kappa shape index (κ3) is 3.45. The first-order valence-corrected chi connectivity index (χ1v) is 7.37. The summed E-state index contributed by atoms with van der Waals surface area (Å²) in [5.74, 6) is 0. The quantitative estimate of drug-likeness (QED) is 0.879. The molecule has 2 aromatic rings. The number of sulfonamides is 1. The highest BCUT2D eigenvalue weighted by Crippen LogP contribution is 2.17. The molecule has 0 aliphatic carbocycles. The summed E-state index contributed by atoms with van der Waals surface area (Å²) in [6.45, 7) is 2.77. The second-order valence-electron chi connectivity index (χ2n) is 3.90. The van der Waals surface area contributed by atoms with Crippen molar-refractivity contribution in [2.24, 2.45) is 0 Å². The molecule has 1 aromatic carbocycles.